The summed E-state index contributed by atoms with van der Waals surface area (Å²) in [6, 6.07) is 9.78. The van der Waals surface area contributed by atoms with Crippen LogP contribution in [0, 0.1) is 6.92 Å². The molecule has 4 heterocycles. The molecule has 0 aromatic carbocycles. The Morgan fingerprint density at radius 1 is 1.20 bits per heavy atom. The number of imidazole rings is 1. The van der Waals surface area contributed by atoms with E-state index in [-0.39, 0.29) is 30.1 Å². The Morgan fingerprint density at radius 3 is 2.77 bits per heavy atom. The average molecular weight is 519 g/mol. The van der Waals surface area contributed by atoms with Crippen molar-refractivity contribution in [3.63, 3.8) is 0 Å². The lowest BCUT2D eigenvalue weighted by molar-refractivity contribution is 0.205. The SMILES string of the molecule is CN=C(NCc1ccc(-n2ccnc2C)nc1)N1CCC(Oc2ccccn2)C1.I. The maximum atomic E-state index is 5.97. The lowest BCUT2D eigenvalue weighted by Crippen LogP contribution is -2.40. The quantitative estimate of drug-likeness (QED) is 0.318. The van der Waals surface area contributed by atoms with Crippen molar-refractivity contribution in [2.75, 3.05) is 20.1 Å². The van der Waals surface area contributed by atoms with Crippen LogP contribution in [0.15, 0.2) is 60.1 Å². The molecule has 1 saturated heterocycles. The summed E-state index contributed by atoms with van der Waals surface area (Å²) in [7, 11) is 1.80. The molecule has 0 spiro atoms. The van der Waals surface area contributed by atoms with Crippen molar-refractivity contribution in [2.24, 2.45) is 4.99 Å². The number of pyridine rings is 2. The Hall–Kier alpha value is -2.69. The number of nitrogens with one attached hydrogen (secondary N) is 1. The van der Waals surface area contributed by atoms with Crippen LogP contribution in [0.1, 0.15) is 17.8 Å². The van der Waals surface area contributed by atoms with E-state index in [1.165, 1.54) is 0 Å². The molecule has 30 heavy (non-hydrogen) atoms. The summed E-state index contributed by atoms with van der Waals surface area (Å²) >= 11 is 0. The van der Waals surface area contributed by atoms with Crippen molar-refractivity contribution in [1.29, 1.82) is 0 Å². The van der Waals surface area contributed by atoms with Gasteiger partial charge in [0.05, 0.1) is 6.54 Å². The highest BCUT2D eigenvalue weighted by Crippen LogP contribution is 2.16. The van der Waals surface area contributed by atoms with E-state index in [0.717, 1.165) is 42.7 Å². The largest absolute Gasteiger partial charge is 0.472 e. The van der Waals surface area contributed by atoms with Gasteiger partial charge in [-0.05, 0) is 24.6 Å². The van der Waals surface area contributed by atoms with Crippen LogP contribution >= 0.6 is 24.0 Å². The number of halogens is 1. The zero-order chi connectivity index (χ0) is 20.1. The smallest absolute Gasteiger partial charge is 0.213 e. The zero-order valence-electron chi connectivity index (χ0n) is 17.1. The van der Waals surface area contributed by atoms with Crippen LogP contribution in [0.5, 0.6) is 5.88 Å². The van der Waals surface area contributed by atoms with E-state index in [4.69, 9.17) is 4.74 Å². The molecule has 0 saturated carbocycles. The lowest BCUT2D eigenvalue weighted by Gasteiger charge is -2.21. The van der Waals surface area contributed by atoms with Crippen LogP contribution < -0.4 is 10.1 Å². The molecule has 3 aromatic heterocycles. The summed E-state index contributed by atoms with van der Waals surface area (Å²) in [5.41, 5.74) is 1.09. The highest BCUT2D eigenvalue weighted by molar-refractivity contribution is 14.0. The zero-order valence-corrected chi connectivity index (χ0v) is 19.4. The molecule has 1 unspecified atom stereocenters. The molecule has 0 radical (unpaired) electrons. The van der Waals surface area contributed by atoms with E-state index in [2.05, 4.69) is 36.2 Å². The molecule has 9 heteroatoms. The van der Waals surface area contributed by atoms with E-state index in [1.807, 2.05) is 48.1 Å². The van der Waals surface area contributed by atoms with Crippen molar-refractivity contribution < 1.29 is 4.74 Å². The first-order valence-corrected chi connectivity index (χ1v) is 9.71. The van der Waals surface area contributed by atoms with Crippen LogP contribution in [0.2, 0.25) is 0 Å². The highest BCUT2D eigenvalue weighted by Gasteiger charge is 2.26. The molecule has 1 aliphatic rings. The molecular weight excluding hydrogens is 493 g/mol. The topological polar surface area (TPSA) is 80.5 Å². The minimum atomic E-state index is 0. The number of aryl methyl sites for hydroxylation is 1. The summed E-state index contributed by atoms with van der Waals surface area (Å²) in [6.07, 6.45) is 8.37. The first kappa shape index (κ1) is 22.0. The summed E-state index contributed by atoms with van der Waals surface area (Å²) in [6.45, 7) is 4.30. The third kappa shape index (κ3) is 5.26. The van der Waals surface area contributed by atoms with Gasteiger partial charge in [0.25, 0.3) is 0 Å². The summed E-state index contributed by atoms with van der Waals surface area (Å²) < 4.78 is 7.93. The molecule has 1 N–H and O–H groups in total. The maximum absolute atomic E-state index is 5.97. The Bertz CT molecular complexity index is 959. The monoisotopic (exact) mass is 519 g/mol. The Morgan fingerprint density at radius 2 is 2.10 bits per heavy atom. The fourth-order valence-electron chi connectivity index (χ4n) is 3.40. The molecule has 1 aliphatic heterocycles. The molecular formula is C21H26IN7O. The number of hydrogen-bond donors (Lipinski definition) is 1. The molecule has 3 aromatic rings. The van der Waals surface area contributed by atoms with E-state index in [9.17, 15) is 0 Å². The van der Waals surface area contributed by atoms with Gasteiger partial charge in [0.1, 0.15) is 17.7 Å². The number of ether oxygens (including phenoxy) is 1. The average Bonchev–Trinajstić information content (AvgIpc) is 3.39. The number of hydrogen-bond acceptors (Lipinski definition) is 5. The fourth-order valence-corrected chi connectivity index (χ4v) is 3.40. The third-order valence-electron chi connectivity index (χ3n) is 4.91. The predicted octanol–water partition coefficient (Wildman–Crippen LogP) is 2.82. The van der Waals surface area contributed by atoms with Gasteiger partial charge in [-0.25, -0.2) is 15.0 Å². The number of likely N-dealkylation sites (tertiary alicyclic amines) is 1. The second-order valence-corrected chi connectivity index (χ2v) is 6.91. The predicted molar refractivity (Wildman–Crippen MR) is 127 cm³/mol. The van der Waals surface area contributed by atoms with Gasteiger partial charge in [-0.1, -0.05) is 12.1 Å². The van der Waals surface area contributed by atoms with Gasteiger partial charge in [-0.15, -0.1) is 24.0 Å². The Labute approximate surface area is 193 Å². The number of guanidine groups is 1. The minimum absolute atomic E-state index is 0. The molecule has 1 atom stereocenters. The van der Waals surface area contributed by atoms with Gasteiger partial charge in [-0.2, -0.15) is 0 Å². The van der Waals surface area contributed by atoms with Gasteiger partial charge < -0.3 is 15.0 Å². The third-order valence-corrected chi connectivity index (χ3v) is 4.91. The summed E-state index contributed by atoms with van der Waals surface area (Å²) in [4.78, 5) is 19.7. The van der Waals surface area contributed by atoms with Crippen LogP contribution in [0.25, 0.3) is 5.82 Å². The van der Waals surface area contributed by atoms with Gasteiger partial charge in [-0.3, -0.25) is 9.56 Å². The Balaban J connectivity index is 0.00000256. The van der Waals surface area contributed by atoms with Crippen molar-refractivity contribution in [1.82, 2.24) is 29.7 Å². The van der Waals surface area contributed by atoms with Crippen LogP contribution in [0.3, 0.4) is 0 Å². The second-order valence-electron chi connectivity index (χ2n) is 6.91. The summed E-state index contributed by atoms with van der Waals surface area (Å²) in [5.74, 6) is 3.32. The van der Waals surface area contributed by atoms with E-state index in [0.29, 0.717) is 12.4 Å². The maximum Gasteiger partial charge on any atom is 0.213 e. The first-order valence-electron chi connectivity index (χ1n) is 9.71. The first-order chi connectivity index (χ1) is 14.2. The van der Waals surface area contributed by atoms with Gasteiger partial charge in [0, 0.05) is 57.4 Å². The molecule has 0 aliphatic carbocycles. The number of aromatic nitrogens is 4. The molecule has 8 nitrogen and oxygen atoms in total. The van der Waals surface area contributed by atoms with Crippen molar-refractivity contribution in [2.45, 2.75) is 26.0 Å². The van der Waals surface area contributed by atoms with Gasteiger partial charge in [0.15, 0.2) is 5.96 Å². The van der Waals surface area contributed by atoms with E-state index in [1.54, 1.807) is 19.4 Å². The van der Waals surface area contributed by atoms with Crippen molar-refractivity contribution >= 4 is 29.9 Å². The van der Waals surface area contributed by atoms with Crippen LogP contribution in [-0.4, -0.2) is 56.6 Å². The number of nitrogens with zero attached hydrogens (tertiary/aromatic N) is 6. The summed E-state index contributed by atoms with van der Waals surface area (Å²) in [5, 5.41) is 3.42. The van der Waals surface area contributed by atoms with E-state index >= 15 is 0 Å². The van der Waals surface area contributed by atoms with Crippen LogP contribution in [0.4, 0.5) is 0 Å². The van der Waals surface area contributed by atoms with Crippen molar-refractivity contribution in [3.05, 3.63) is 66.5 Å². The van der Waals surface area contributed by atoms with Crippen molar-refractivity contribution in [3.8, 4) is 11.7 Å². The van der Waals surface area contributed by atoms with Gasteiger partial charge in [0.2, 0.25) is 5.88 Å². The standard InChI is InChI=1S/C21H25N7O.HI/c1-16-23-10-12-28(16)19-7-6-17(13-25-19)14-26-21(22-2)27-11-8-18(15-27)29-20-5-3-4-9-24-20;/h3-7,9-10,12-13,18H,8,11,14-15H2,1-2H3,(H,22,26);1H. The molecule has 0 bridgehead atoms. The van der Waals surface area contributed by atoms with Gasteiger partial charge >= 0.3 is 0 Å². The molecule has 0 amide bonds. The fraction of sp³-hybridized carbons (Fsp3) is 0.333. The van der Waals surface area contributed by atoms with Crippen LogP contribution in [-0.2, 0) is 6.54 Å². The minimum Gasteiger partial charge on any atom is -0.472 e. The Kier molecular flexibility index (Phi) is 7.61. The highest BCUT2D eigenvalue weighted by atomic mass is 127. The number of aliphatic imine (C=N–C) groups is 1. The van der Waals surface area contributed by atoms with E-state index < -0.39 is 0 Å². The second kappa shape index (κ2) is 10.4. The normalized spacial score (nSPS) is 16.3. The lowest BCUT2D eigenvalue weighted by atomic mass is 10.3. The molecule has 4 rings (SSSR count). The molecule has 158 valence electrons. The molecule has 1 fully saturated rings. The number of rotatable bonds is 5.